The third-order valence-electron chi connectivity index (χ3n) is 2.16. The van der Waals surface area contributed by atoms with Gasteiger partial charge in [0.2, 0.25) is 0 Å². The lowest BCUT2D eigenvalue weighted by atomic mass is 10.2. The van der Waals surface area contributed by atoms with Gasteiger partial charge in [-0.15, -0.1) is 0 Å². The van der Waals surface area contributed by atoms with E-state index in [4.69, 9.17) is 4.74 Å². The van der Waals surface area contributed by atoms with Gasteiger partial charge in [0.15, 0.2) is 9.84 Å². The highest BCUT2D eigenvalue weighted by molar-refractivity contribution is 9.08. The minimum atomic E-state index is -2.94. The van der Waals surface area contributed by atoms with Crippen LogP contribution in [-0.2, 0) is 15.2 Å². The minimum Gasteiger partial charge on any atom is -0.493 e. The average Bonchev–Trinajstić information content (AvgIpc) is 2.29. The van der Waals surface area contributed by atoms with Gasteiger partial charge in [0, 0.05) is 11.1 Å². The van der Waals surface area contributed by atoms with Gasteiger partial charge in [-0.3, -0.25) is 0 Å². The number of hydrogen-bond donors (Lipinski definition) is 0. The summed E-state index contributed by atoms with van der Waals surface area (Å²) >= 11 is 3.35. The summed E-state index contributed by atoms with van der Waals surface area (Å²) in [6.07, 6.45) is 0. The van der Waals surface area contributed by atoms with Crippen LogP contribution in [0.3, 0.4) is 0 Å². The molecule has 0 saturated heterocycles. The second-order valence-electron chi connectivity index (χ2n) is 3.37. The van der Waals surface area contributed by atoms with E-state index in [9.17, 15) is 8.42 Å². The van der Waals surface area contributed by atoms with Crippen LogP contribution in [0.25, 0.3) is 0 Å². The second-order valence-corrected chi connectivity index (χ2v) is 6.40. The van der Waals surface area contributed by atoms with Gasteiger partial charge < -0.3 is 4.74 Å². The van der Waals surface area contributed by atoms with Crippen molar-refractivity contribution in [3.63, 3.8) is 0 Å². The molecule has 0 unspecified atom stereocenters. The maximum atomic E-state index is 11.2. The van der Waals surface area contributed by atoms with Crippen LogP contribution in [0, 0.1) is 0 Å². The summed E-state index contributed by atoms with van der Waals surface area (Å²) in [5.41, 5.74) is 1.11. The molecule has 0 aromatic heterocycles. The van der Waals surface area contributed by atoms with Crippen molar-refractivity contribution in [2.24, 2.45) is 0 Å². The van der Waals surface area contributed by atoms with Crippen LogP contribution in [-0.4, -0.2) is 26.5 Å². The fourth-order valence-electron chi connectivity index (χ4n) is 1.15. The molecule has 90 valence electrons. The fraction of sp³-hybridized carbons (Fsp3) is 0.455. The lowest BCUT2D eigenvalue weighted by molar-refractivity contribution is 0.340. The largest absolute Gasteiger partial charge is 0.493 e. The van der Waals surface area contributed by atoms with E-state index in [1.807, 2.05) is 24.3 Å². The van der Waals surface area contributed by atoms with E-state index in [0.29, 0.717) is 5.75 Å². The van der Waals surface area contributed by atoms with Crippen molar-refractivity contribution >= 4 is 25.8 Å². The summed E-state index contributed by atoms with van der Waals surface area (Å²) in [5, 5.41) is 0.761. The zero-order chi connectivity index (χ0) is 12.0. The highest BCUT2D eigenvalue weighted by Gasteiger charge is 2.07. The van der Waals surface area contributed by atoms with Crippen LogP contribution >= 0.6 is 15.9 Å². The summed E-state index contributed by atoms with van der Waals surface area (Å²) in [6, 6.07) is 7.59. The highest BCUT2D eigenvalue weighted by Crippen LogP contribution is 2.15. The molecule has 0 heterocycles. The lowest BCUT2D eigenvalue weighted by Crippen LogP contribution is -2.15. The Hall–Kier alpha value is -0.550. The zero-order valence-corrected chi connectivity index (χ0v) is 11.6. The molecular formula is C11H15BrO3S. The van der Waals surface area contributed by atoms with E-state index in [1.165, 1.54) is 0 Å². The first kappa shape index (κ1) is 13.5. The fourth-order valence-corrected chi connectivity index (χ4v) is 2.12. The number of ether oxygens (including phenoxy) is 1. The van der Waals surface area contributed by atoms with Crippen LogP contribution in [0.2, 0.25) is 0 Å². The molecule has 1 aromatic rings. The number of hydrogen-bond acceptors (Lipinski definition) is 3. The van der Waals surface area contributed by atoms with Gasteiger partial charge in [-0.25, -0.2) is 8.42 Å². The number of rotatable bonds is 6. The van der Waals surface area contributed by atoms with E-state index < -0.39 is 9.84 Å². The summed E-state index contributed by atoms with van der Waals surface area (Å²) in [4.78, 5) is 0. The first-order valence-corrected chi connectivity index (χ1v) is 8.00. The summed E-state index contributed by atoms with van der Waals surface area (Å²) in [6.45, 7) is 1.85. The minimum absolute atomic E-state index is 0.0715. The Kier molecular flexibility index (Phi) is 5.28. The molecule has 0 bridgehead atoms. The van der Waals surface area contributed by atoms with Gasteiger partial charge in [0.1, 0.15) is 12.4 Å². The molecule has 1 rings (SSSR count). The Balaban J connectivity index is 2.49. The van der Waals surface area contributed by atoms with E-state index in [1.54, 1.807) is 6.92 Å². The number of benzene rings is 1. The van der Waals surface area contributed by atoms with E-state index in [0.717, 1.165) is 10.9 Å². The SMILES string of the molecule is CCS(=O)(=O)CCOc1cccc(CBr)c1. The Bertz CT molecular complexity index is 429. The standard InChI is InChI=1S/C11H15BrO3S/c1-2-16(13,14)7-6-15-11-5-3-4-10(8-11)9-12/h3-5,8H,2,6-7,9H2,1H3. The van der Waals surface area contributed by atoms with Crippen LogP contribution < -0.4 is 4.74 Å². The monoisotopic (exact) mass is 306 g/mol. The molecule has 1 aromatic carbocycles. The predicted molar refractivity (Wildman–Crippen MR) is 68.9 cm³/mol. The van der Waals surface area contributed by atoms with Gasteiger partial charge in [0.05, 0.1) is 5.75 Å². The van der Waals surface area contributed by atoms with E-state index >= 15 is 0 Å². The van der Waals surface area contributed by atoms with Crippen molar-refractivity contribution in [1.29, 1.82) is 0 Å². The molecule has 0 saturated carbocycles. The average molecular weight is 307 g/mol. The Morgan fingerprint density at radius 2 is 2.12 bits per heavy atom. The quantitative estimate of drug-likeness (QED) is 0.758. The van der Waals surface area contributed by atoms with Crippen molar-refractivity contribution in [1.82, 2.24) is 0 Å². The first-order valence-electron chi connectivity index (χ1n) is 5.05. The molecule has 0 atom stereocenters. The zero-order valence-electron chi connectivity index (χ0n) is 9.15. The lowest BCUT2D eigenvalue weighted by Gasteiger charge is -2.07. The van der Waals surface area contributed by atoms with Crippen molar-refractivity contribution in [2.45, 2.75) is 12.3 Å². The molecule has 3 nitrogen and oxygen atoms in total. The van der Waals surface area contributed by atoms with Crippen molar-refractivity contribution < 1.29 is 13.2 Å². The number of alkyl halides is 1. The normalized spacial score (nSPS) is 11.4. The van der Waals surface area contributed by atoms with Gasteiger partial charge >= 0.3 is 0 Å². The molecule has 0 aliphatic carbocycles. The molecule has 0 aliphatic rings. The van der Waals surface area contributed by atoms with Gasteiger partial charge in [-0.1, -0.05) is 35.0 Å². The third-order valence-corrected chi connectivity index (χ3v) is 4.47. The van der Waals surface area contributed by atoms with E-state index in [-0.39, 0.29) is 18.1 Å². The molecule has 0 spiro atoms. The third kappa shape index (κ3) is 4.53. The van der Waals surface area contributed by atoms with E-state index in [2.05, 4.69) is 15.9 Å². The predicted octanol–water partition coefficient (Wildman–Crippen LogP) is 2.40. The molecule has 16 heavy (non-hydrogen) atoms. The van der Waals surface area contributed by atoms with Gasteiger partial charge in [-0.05, 0) is 17.7 Å². The van der Waals surface area contributed by atoms with Crippen LogP contribution in [0.4, 0.5) is 0 Å². The molecular weight excluding hydrogens is 292 g/mol. The molecule has 0 fully saturated rings. The summed E-state index contributed by atoms with van der Waals surface area (Å²) in [7, 11) is -2.94. The first-order chi connectivity index (χ1) is 7.57. The number of halogens is 1. The van der Waals surface area contributed by atoms with Crippen molar-refractivity contribution in [2.75, 3.05) is 18.1 Å². The summed E-state index contributed by atoms with van der Waals surface area (Å²) < 4.78 is 27.8. The van der Waals surface area contributed by atoms with Crippen LogP contribution in [0.5, 0.6) is 5.75 Å². The van der Waals surface area contributed by atoms with Crippen molar-refractivity contribution in [3.05, 3.63) is 29.8 Å². The summed E-state index contributed by atoms with van der Waals surface area (Å²) in [5.74, 6) is 0.947. The Morgan fingerprint density at radius 3 is 2.75 bits per heavy atom. The molecule has 0 N–H and O–H groups in total. The Labute approximate surface area is 105 Å². The number of sulfone groups is 1. The molecule has 0 radical (unpaired) electrons. The van der Waals surface area contributed by atoms with Crippen LogP contribution in [0.15, 0.2) is 24.3 Å². The highest BCUT2D eigenvalue weighted by atomic mass is 79.9. The second kappa shape index (κ2) is 6.25. The van der Waals surface area contributed by atoms with Gasteiger partial charge in [0.25, 0.3) is 0 Å². The molecule has 0 amide bonds. The van der Waals surface area contributed by atoms with Crippen molar-refractivity contribution in [3.8, 4) is 5.75 Å². The van der Waals surface area contributed by atoms with Crippen LogP contribution in [0.1, 0.15) is 12.5 Å². The maximum Gasteiger partial charge on any atom is 0.153 e. The smallest absolute Gasteiger partial charge is 0.153 e. The molecule has 0 aliphatic heterocycles. The topological polar surface area (TPSA) is 43.4 Å². The molecule has 5 heteroatoms. The maximum absolute atomic E-state index is 11.2. The Morgan fingerprint density at radius 1 is 1.38 bits per heavy atom. The van der Waals surface area contributed by atoms with Gasteiger partial charge in [-0.2, -0.15) is 0 Å².